The predicted octanol–water partition coefficient (Wildman–Crippen LogP) is 2.12. The number of hydrogen-bond donors (Lipinski definition) is 2. The molecule has 0 saturated heterocycles. The van der Waals surface area contributed by atoms with E-state index >= 15 is 0 Å². The zero-order valence-corrected chi connectivity index (χ0v) is 13.2. The number of amides is 1. The largest absolute Gasteiger partial charge is 0.380 e. The molecule has 0 fully saturated rings. The minimum atomic E-state index is -0.0122. The zero-order chi connectivity index (χ0) is 15.2. The van der Waals surface area contributed by atoms with Gasteiger partial charge in [-0.2, -0.15) is 0 Å². The molecule has 0 aromatic heterocycles. The molecule has 1 atom stereocenters. The number of rotatable bonds is 6. The smallest absolute Gasteiger partial charge is 0.251 e. The molecule has 2 N–H and O–H groups in total. The number of fused-ring (bicyclic) bond motifs is 1. The maximum absolute atomic E-state index is 12.4. The molecule has 1 amide bonds. The van der Waals surface area contributed by atoms with E-state index in [9.17, 15) is 4.79 Å². The average Bonchev–Trinajstić information content (AvgIpc) is 2.50. The highest BCUT2D eigenvalue weighted by molar-refractivity contribution is 5.94. The minimum absolute atomic E-state index is 0.0122. The summed E-state index contributed by atoms with van der Waals surface area (Å²) in [7, 11) is 0. The summed E-state index contributed by atoms with van der Waals surface area (Å²) in [6.45, 7) is 9.26. The van der Waals surface area contributed by atoms with E-state index in [2.05, 4.69) is 30.5 Å². The van der Waals surface area contributed by atoms with Crippen LogP contribution in [0.2, 0.25) is 0 Å². The van der Waals surface area contributed by atoms with Gasteiger partial charge in [-0.05, 0) is 49.1 Å². The molecule has 1 aliphatic rings. The van der Waals surface area contributed by atoms with Gasteiger partial charge in [-0.25, -0.2) is 0 Å². The lowest BCUT2D eigenvalue weighted by Crippen LogP contribution is -2.42. The fourth-order valence-corrected chi connectivity index (χ4v) is 2.52. The Balaban J connectivity index is 2.04. The predicted molar refractivity (Wildman–Crippen MR) is 84.4 cm³/mol. The van der Waals surface area contributed by atoms with Crippen molar-refractivity contribution in [2.45, 2.75) is 39.8 Å². The van der Waals surface area contributed by atoms with E-state index in [1.54, 1.807) is 0 Å². The van der Waals surface area contributed by atoms with Gasteiger partial charge in [0.15, 0.2) is 0 Å². The van der Waals surface area contributed by atoms with Gasteiger partial charge in [0.2, 0.25) is 0 Å². The van der Waals surface area contributed by atoms with Crippen LogP contribution < -0.4 is 10.6 Å². The van der Waals surface area contributed by atoms with Crippen LogP contribution in [0, 0.1) is 5.92 Å². The van der Waals surface area contributed by atoms with Crippen LogP contribution in [-0.2, 0) is 17.7 Å². The highest BCUT2D eigenvalue weighted by Gasteiger charge is 2.18. The van der Waals surface area contributed by atoms with E-state index in [0.717, 1.165) is 25.1 Å². The lowest BCUT2D eigenvalue weighted by atomic mass is 9.98. The summed E-state index contributed by atoms with van der Waals surface area (Å²) in [6, 6.07) is 6.07. The summed E-state index contributed by atoms with van der Waals surface area (Å²) in [5.74, 6) is 0.335. The van der Waals surface area contributed by atoms with Crippen molar-refractivity contribution in [2.75, 3.05) is 19.8 Å². The number of carbonyl (C=O) groups is 1. The van der Waals surface area contributed by atoms with Crippen LogP contribution in [0.4, 0.5) is 0 Å². The molecule has 0 radical (unpaired) electrons. The molecular weight excluding hydrogens is 264 g/mol. The Morgan fingerprint density at radius 1 is 1.38 bits per heavy atom. The number of benzene rings is 1. The topological polar surface area (TPSA) is 50.4 Å². The number of nitrogens with one attached hydrogen (secondary N) is 2. The molecule has 1 aliphatic heterocycles. The van der Waals surface area contributed by atoms with Gasteiger partial charge in [0.05, 0.1) is 12.6 Å². The fraction of sp³-hybridized carbons (Fsp3) is 0.588. The molecular formula is C17H26N2O2. The highest BCUT2D eigenvalue weighted by atomic mass is 16.5. The summed E-state index contributed by atoms with van der Waals surface area (Å²) >= 11 is 0. The summed E-state index contributed by atoms with van der Waals surface area (Å²) in [4.78, 5) is 12.4. The number of carbonyl (C=O) groups excluding carboxylic acids is 1. The number of hydrogen-bond acceptors (Lipinski definition) is 3. The second-order valence-electron chi connectivity index (χ2n) is 5.89. The average molecular weight is 290 g/mol. The molecule has 4 heteroatoms. The second kappa shape index (κ2) is 7.57. The van der Waals surface area contributed by atoms with E-state index in [-0.39, 0.29) is 11.9 Å². The van der Waals surface area contributed by atoms with Gasteiger partial charge in [0.1, 0.15) is 0 Å². The van der Waals surface area contributed by atoms with Crippen LogP contribution in [0.5, 0.6) is 0 Å². The fourth-order valence-electron chi connectivity index (χ4n) is 2.52. The molecule has 0 saturated carbocycles. The van der Waals surface area contributed by atoms with Crippen LogP contribution in [0.15, 0.2) is 18.2 Å². The summed E-state index contributed by atoms with van der Waals surface area (Å²) < 4.78 is 5.46. The van der Waals surface area contributed by atoms with Crippen LogP contribution >= 0.6 is 0 Å². The first-order valence-electron chi connectivity index (χ1n) is 7.83. The quantitative estimate of drug-likeness (QED) is 0.844. The second-order valence-corrected chi connectivity index (χ2v) is 5.89. The standard InChI is InChI=1S/C17H26N2O2/c1-4-21-11-16(12(2)3)19-17(20)14-6-5-13-7-8-18-10-15(13)9-14/h5-6,9,12,16,18H,4,7-8,10-11H2,1-3H3,(H,19,20). The van der Waals surface area contributed by atoms with Crippen molar-refractivity contribution in [3.63, 3.8) is 0 Å². The van der Waals surface area contributed by atoms with Gasteiger partial charge in [-0.1, -0.05) is 19.9 Å². The first-order valence-corrected chi connectivity index (χ1v) is 7.83. The van der Waals surface area contributed by atoms with Crippen LogP contribution in [0.25, 0.3) is 0 Å². The molecule has 1 unspecified atom stereocenters. The van der Waals surface area contributed by atoms with Crippen molar-refractivity contribution in [3.05, 3.63) is 34.9 Å². The third kappa shape index (κ3) is 4.29. The molecule has 2 rings (SSSR count). The molecule has 0 aliphatic carbocycles. The van der Waals surface area contributed by atoms with Crippen molar-refractivity contribution >= 4 is 5.91 Å². The van der Waals surface area contributed by atoms with Crippen LogP contribution in [-0.4, -0.2) is 31.7 Å². The lowest BCUT2D eigenvalue weighted by Gasteiger charge is -2.23. The lowest BCUT2D eigenvalue weighted by molar-refractivity contribution is 0.0806. The Kier molecular flexibility index (Phi) is 5.76. The molecule has 1 aromatic carbocycles. The third-order valence-corrected chi connectivity index (χ3v) is 3.98. The monoisotopic (exact) mass is 290 g/mol. The Hall–Kier alpha value is -1.39. The molecule has 1 heterocycles. The molecule has 0 bridgehead atoms. The van der Waals surface area contributed by atoms with Crippen molar-refractivity contribution in [1.82, 2.24) is 10.6 Å². The maximum atomic E-state index is 12.4. The Labute approximate surface area is 127 Å². The molecule has 1 aromatic rings. The van der Waals surface area contributed by atoms with Gasteiger partial charge in [-0.3, -0.25) is 4.79 Å². The van der Waals surface area contributed by atoms with Crippen molar-refractivity contribution in [1.29, 1.82) is 0 Å². The van der Waals surface area contributed by atoms with Gasteiger partial charge >= 0.3 is 0 Å². The first-order chi connectivity index (χ1) is 10.1. The zero-order valence-electron chi connectivity index (χ0n) is 13.2. The van der Waals surface area contributed by atoms with Gasteiger partial charge < -0.3 is 15.4 Å². The van der Waals surface area contributed by atoms with E-state index in [0.29, 0.717) is 19.1 Å². The van der Waals surface area contributed by atoms with E-state index in [1.165, 1.54) is 11.1 Å². The van der Waals surface area contributed by atoms with Gasteiger partial charge in [0, 0.05) is 18.7 Å². The summed E-state index contributed by atoms with van der Waals surface area (Å²) in [5.41, 5.74) is 3.32. The minimum Gasteiger partial charge on any atom is -0.380 e. The van der Waals surface area contributed by atoms with Gasteiger partial charge in [0.25, 0.3) is 5.91 Å². The maximum Gasteiger partial charge on any atom is 0.251 e. The Bertz CT molecular complexity index is 486. The van der Waals surface area contributed by atoms with E-state index < -0.39 is 0 Å². The van der Waals surface area contributed by atoms with Crippen LogP contribution in [0.3, 0.4) is 0 Å². The highest BCUT2D eigenvalue weighted by Crippen LogP contribution is 2.16. The van der Waals surface area contributed by atoms with Crippen molar-refractivity contribution in [2.24, 2.45) is 5.92 Å². The van der Waals surface area contributed by atoms with E-state index in [1.807, 2.05) is 19.1 Å². The molecule has 116 valence electrons. The van der Waals surface area contributed by atoms with Crippen LogP contribution in [0.1, 0.15) is 42.3 Å². The Morgan fingerprint density at radius 2 is 2.19 bits per heavy atom. The molecule has 4 nitrogen and oxygen atoms in total. The van der Waals surface area contributed by atoms with E-state index in [4.69, 9.17) is 4.74 Å². The first kappa shape index (κ1) is 16.0. The number of ether oxygens (including phenoxy) is 1. The summed E-state index contributed by atoms with van der Waals surface area (Å²) in [5, 5.41) is 6.43. The van der Waals surface area contributed by atoms with Gasteiger partial charge in [-0.15, -0.1) is 0 Å². The normalized spacial score (nSPS) is 15.6. The third-order valence-electron chi connectivity index (χ3n) is 3.98. The molecule has 0 spiro atoms. The Morgan fingerprint density at radius 3 is 2.90 bits per heavy atom. The SMILES string of the molecule is CCOCC(NC(=O)c1ccc2c(c1)CNCC2)C(C)C. The van der Waals surface area contributed by atoms with Crippen molar-refractivity contribution in [3.8, 4) is 0 Å². The summed E-state index contributed by atoms with van der Waals surface area (Å²) in [6.07, 6.45) is 1.04. The van der Waals surface area contributed by atoms with Crippen molar-refractivity contribution < 1.29 is 9.53 Å². The molecule has 21 heavy (non-hydrogen) atoms.